The number of nitrogens with zero attached hydrogens (tertiary/aromatic N) is 1. The molecule has 0 N–H and O–H groups in total. The topological polar surface area (TPSA) is 38.8 Å². The quantitative estimate of drug-likeness (QED) is 0.442. The number of halogens is 5. The second-order valence-electron chi connectivity index (χ2n) is 7.85. The molecule has 31 heavy (non-hydrogen) atoms. The lowest BCUT2D eigenvalue weighted by Crippen LogP contribution is -2.40. The fourth-order valence-corrected chi connectivity index (χ4v) is 4.56. The van der Waals surface area contributed by atoms with Crippen molar-refractivity contribution in [3.05, 3.63) is 64.4 Å². The molecule has 1 amide bonds. The van der Waals surface area contributed by atoms with E-state index in [0.717, 1.165) is 18.4 Å². The average molecular weight is 458 g/mol. The van der Waals surface area contributed by atoms with E-state index in [0.29, 0.717) is 24.6 Å². The molecule has 2 aliphatic rings. The molecule has 1 aliphatic carbocycles. The van der Waals surface area contributed by atoms with Crippen LogP contribution in [0.1, 0.15) is 28.8 Å². The molecule has 0 radical (unpaired) electrons. The number of piperidine rings is 1. The average Bonchev–Trinajstić information content (AvgIpc) is 3.46. The van der Waals surface area contributed by atoms with Gasteiger partial charge in [-0.15, -0.1) is 13.2 Å². The largest absolute Gasteiger partial charge is 0.522 e. The molecular weight excluding hydrogens is 438 g/mol. The first kappa shape index (κ1) is 21.9. The lowest BCUT2D eigenvalue weighted by Gasteiger charge is -2.32. The number of hydrogen-bond donors (Lipinski definition) is 0. The van der Waals surface area contributed by atoms with Gasteiger partial charge in [0.2, 0.25) is 0 Å². The van der Waals surface area contributed by atoms with Gasteiger partial charge in [-0.2, -0.15) is 0 Å². The van der Waals surface area contributed by atoms with Gasteiger partial charge < -0.3 is 9.64 Å². The van der Waals surface area contributed by atoms with Gasteiger partial charge in [-0.05, 0) is 54.7 Å². The van der Waals surface area contributed by atoms with E-state index in [1.165, 1.54) is 24.3 Å². The number of fused-ring (bicyclic) bond motifs is 1. The lowest BCUT2D eigenvalue weighted by molar-refractivity contribution is -0.325. The highest BCUT2D eigenvalue weighted by atomic mass is 35.5. The van der Waals surface area contributed by atoms with E-state index < -0.39 is 13.0 Å². The van der Waals surface area contributed by atoms with Crippen LogP contribution in [0.5, 0.6) is 5.75 Å². The van der Waals surface area contributed by atoms with Gasteiger partial charge in [0.1, 0.15) is 18.2 Å². The van der Waals surface area contributed by atoms with Gasteiger partial charge in [-0.1, -0.05) is 23.7 Å². The SMILES string of the molecule is O=C(c1ccc(OCCOC(F)(F)F)c(Cl)c1)N1CC[C@@]2(c3ccc(F)cc3)C[C@H]2C1. The molecular formula is C22H20ClF4NO3. The summed E-state index contributed by atoms with van der Waals surface area (Å²) in [4.78, 5) is 14.7. The van der Waals surface area contributed by atoms with E-state index in [2.05, 4.69) is 4.74 Å². The van der Waals surface area contributed by atoms with Crippen LogP contribution >= 0.6 is 11.6 Å². The Hall–Kier alpha value is -2.32. The predicted octanol–water partition coefficient (Wildman–Crippen LogP) is 5.20. The third-order valence-corrected chi connectivity index (χ3v) is 6.29. The summed E-state index contributed by atoms with van der Waals surface area (Å²) in [6, 6.07) is 11.1. The number of likely N-dealkylation sites (tertiary alicyclic amines) is 1. The lowest BCUT2D eigenvalue weighted by atomic mass is 9.87. The Bertz CT molecular complexity index is 966. The third kappa shape index (κ3) is 4.80. The summed E-state index contributed by atoms with van der Waals surface area (Å²) in [5, 5.41) is 0.141. The predicted molar refractivity (Wildman–Crippen MR) is 106 cm³/mol. The second kappa shape index (κ2) is 8.31. The molecule has 166 valence electrons. The van der Waals surface area contributed by atoms with E-state index in [1.54, 1.807) is 11.0 Å². The van der Waals surface area contributed by atoms with Crippen LogP contribution < -0.4 is 4.74 Å². The molecule has 0 aromatic heterocycles. The Labute approximate surface area is 181 Å². The number of hydrogen-bond acceptors (Lipinski definition) is 3. The monoisotopic (exact) mass is 457 g/mol. The van der Waals surface area contributed by atoms with Crippen molar-refractivity contribution >= 4 is 17.5 Å². The summed E-state index contributed by atoms with van der Waals surface area (Å²) in [5.41, 5.74) is 1.53. The standard InChI is InChI=1S/C22H20ClF4NO3/c23-18-11-14(1-6-19(18)30-9-10-31-22(25,26)27)20(29)28-8-7-21(12-16(21)13-28)15-2-4-17(24)5-3-15/h1-6,11,16H,7-10,12-13H2/t16-,21-/m0/s1. The van der Waals surface area contributed by atoms with Gasteiger partial charge in [0.15, 0.2) is 0 Å². The van der Waals surface area contributed by atoms with Gasteiger partial charge in [0.05, 0.1) is 11.6 Å². The first-order valence-electron chi connectivity index (χ1n) is 9.86. The zero-order chi connectivity index (χ0) is 22.2. The highest BCUT2D eigenvalue weighted by Crippen LogP contribution is 2.59. The zero-order valence-electron chi connectivity index (χ0n) is 16.4. The minimum absolute atomic E-state index is 0.0261. The number of ether oxygens (including phenoxy) is 2. The summed E-state index contributed by atoms with van der Waals surface area (Å²) in [6.45, 7) is 0.204. The smallest absolute Gasteiger partial charge is 0.490 e. The molecule has 1 heterocycles. The van der Waals surface area contributed by atoms with Crippen molar-refractivity contribution in [3.63, 3.8) is 0 Å². The molecule has 4 nitrogen and oxygen atoms in total. The Morgan fingerprint density at radius 3 is 2.55 bits per heavy atom. The molecule has 0 bridgehead atoms. The van der Waals surface area contributed by atoms with E-state index in [4.69, 9.17) is 16.3 Å². The van der Waals surface area contributed by atoms with Gasteiger partial charge in [0.25, 0.3) is 5.91 Å². The molecule has 0 unspecified atom stereocenters. The summed E-state index contributed by atoms with van der Waals surface area (Å²) >= 11 is 6.14. The normalized spacial score (nSPS) is 22.7. The summed E-state index contributed by atoms with van der Waals surface area (Å²) in [6.07, 6.45) is -2.94. The van der Waals surface area contributed by atoms with Crippen LogP contribution in [0.25, 0.3) is 0 Å². The Morgan fingerprint density at radius 2 is 1.90 bits per heavy atom. The highest BCUT2D eigenvalue weighted by molar-refractivity contribution is 6.32. The summed E-state index contributed by atoms with van der Waals surface area (Å²) in [7, 11) is 0. The van der Waals surface area contributed by atoms with Crippen LogP contribution in [0.4, 0.5) is 17.6 Å². The fraction of sp³-hybridized carbons (Fsp3) is 0.409. The van der Waals surface area contributed by atoms with Crippen molar-refractivity contribution < 1.29 is 31.8 Å². The van der Waals surface area contributed by atoms with E-state index >= 15 is 0 Å². The van der Waals surface area contributed by atoms with Crippen molar-refractivity contribution in [2.75, 3.05) is 26.3 Å². The van der Waals surface area contributed by atoms with Crippen molar-refractivity contribution in [2.24, 2.45) is 5.92 Å². The molecule has 1 saturated heterocycles. The Morgan fingerprint density at radius 1 is 1.16 bits per heavy atom. The molecule has 2 atom stereocenters. The van der Waals surface area contributed by atoms with E-state index in [1.807, 2.05) is 12.1 Å². The number of rotatable bonds is 6. The van der Waals surface area contributed by atoms with Crippen molar-refractivity contribution in [1.29, 1.82) is 0 Å². The minimum atomic E-state index is -4.71. The van der Waals surface area contributed by atoms with Crippen LogP contribution in [0.2, 0.25) is 5.02 Å². The Balaban J connectivity index is 1.34. The number of alkyl halides is 3. The second-order valence-corrected chi connectivity index (χ2v) is 8.26. The summed E-state index contributed by atoms with van der Waals surface area (Å²) < 4.78 is 58.0. The molecule has 2 aromatic carbocycles. The molecule has 0 spiro atoms. The molecule has 2 fully saturated rings. The van der Waals surface area contributed by atoms with E-state index in [9.17, 15) is 22.4 Å². The maximum absolute atomic E-state index is 13.2. The van der Waals surface area contributed by atoms with Gasteiger partial charge in [-0.25, -0.2) is 4.39 Å². The van der Waals surface area contributed by atoms with Crippen LogP contribution in [0.3, 0.4) is 0 Å². The van der Waals surface area contributed by atoms with E-state index in [-0.39, 0.29) is 34.5 Å². The highest BCUT2D eigenvalue weighted by Gasteiger charge is 2.57. The number of benzene rings is 2. The van der Waals surface area contributed by atoms with Gasteiger partial charge >= 0.3 is 6.36 Å². The van der Waals surface area contributed by atoms with Crippen molar-refractivity contribution in [3.8, 4) is 5.75 Å². The minimum Gasteiger partial charge on any atom is -0.490 e. The van der Waals surface area contributed by atoms with Crippen LogP contribution in [0, 0.1) is 11.7 Å². The Kier molecular flexibility index (Phi) is 5.87. The van der Waals surface area contributed by atoms with Gasteiger partial charge in [0, 0.05) is 24.1 Å². The van der Waals surface area contributed by atoms with Crippen molar-refractivity contribution in [2.45, 2.75) is 24.6 Å². The number of carbonyl (C=O) groups is 1. The third-order valence-electron chi connectivity index (χ3n) is 5.99. The molecule has 4 rings (SSSR count). The maximum Gasteiger partial charge on any atom is 0.522 e. The zero-order valence-corrected chi connectivity index (χ0v) is 17.2. The maximum atomic E-state index is 13.2. The molecule has 9 heteroatoms. The van der Waals surface area contributed by atoms with Gasteiger partial charge in [-0.3, -0.25) is 9.53 Å². The first-order chi connectivity index (χ1) is 14.7. The van der Waals surface area contributed by atoms with Crippen LogP contribution in [-0.4, -0.2) is 43.5 Å². The molecule has 1 aliphatic heterocycles. The fourth-order valence-electron chi connectivity index (χ4n) is 4.32. The number of carbonyl (C=O) groups excluding carboxylic acids is 1. The molecule has 2 aromatic rings. The first-order valence-corrected chi connectivity index (χ1v) is 10.2. The van der Waals surface area contributed by atoms with Crippen molar-refractivity contribution in [1.82, 2.24) is 4.90 Å². The number of amides is 1. The molecule has 1 saturated carbocycles. The van der Waals surface area contributed by atoms with Crippen LogP contribution in [-0.2, 0) is 10.2 Å². The summed E-state index contributed by atoms with van der Waals surface area (Å²) in [5.74, 6) is 0.0955. The van der Waals surface area contributed by atoms with Crippen LogP contribution in [0.15, 0.2) is 42.5 Å².